The summed E-state index contributed by atoms with van der Waals surface area (Å²) in [5.41, 5.74) is 0.286. The van der Waals surface area contributed by atoms with Crippen LogP contribution >= 0.6 is 11.3 Å². The van der Waals surface area contributed by atoms with E-state index >= 15 is 0 Å². The summed E-state index contributed by atoms with van der Waals surface area (Å²) in [6.07, 6.45) is 7.10. The lowest BCUT2D eigenvalue weighted by molar-refractivity contribution is 0.0526. The minimum atomic E-state index is -0.475. The number of ether oxygens (including phenoxy) is 1. The van der Waals surface area contributed by atoms with Gasteiger partial charge in [-0.25, -0.2) is 9.78 Å². The third-order valence-corrected chi connectivity index (χ3v) is 3.83. The Labute approximate surface area is 130 Å². The first kappa shape index (κ1) is 17.6. The van der Waals surface area contributed by atoms with Gasteiger partial charge in [0.1, 0.15) is 5.69 Å². The van der Waals surface area contributed by atoms with Crippen LogP contribution < -0.4 is 5.32 Å². The highest BCUT2D eigenvalue weighted by molar-refractivity contribution is 7.11. The minimum absolute atomic E-state index is 0.224. The van der Waals surface area contributed by atoms with Crippen molar-refractivity contribution in [3.63, 3.8) is 0 Å². The van der Waals surface area contributed by atoms with E-state index in [1.807, 2.05) is 0 Å². The van der Waals surface area contributed by atoms with Gasteiger partial charge >= 0.3 is 5.97 Å². The molecule has 0 aliphatic heterocycles. The van der Waals surface area contributed by atoms with Crippen molar-refractivity contribution in [2.45, 2.75) is 52.4 Å². The number of nitrogens with one attached hydrogen (secondary N) is 1. The molecule has 0 unspecified atom stereocenters. The molecule has 0 radical (unpaired) electrons. The highest BCUT2D eigenvalue weighted by atomic mass is 32.1. The maximum atomic E-state index is 11.9. The Morgan fingerprint density at radius 3 is 2.62 bits per heavy atom. The van der Waals surface area contributed by atoms with Gasteiger partial charge in [-0.2, -0.15) is 0 Å². The number of esters is 1. The number of rotatable bonds is 10. The first-order valence-corrected chi connectivity index (χ1v) is 8.47. The second-order valence-electron chi connectivity index (χ2n) is 4.78. The number of amides is 1. The highest BCUT2D eigenvalue weighted by Gasteiger charge is 2.15. The van der Waals surface area contributed by atoms with Gasteiger partial charge in [0.15, 0.2) is 0 Å². The summed E-state index contributed by atoms with van der Waals surface area (Å²) in [6.45, 7) is 4.88. The van der Waals surface area contributed by atoms with Crippen LogP contribution in [0.15, 0.2) is 5.38 Å². The number of carbonyl (C=O) groups excluding carboxylic acids is 2. The summed E-state index contributed by atoms with van der Waals surface area (Å²) >= 11 is 1.13. The predicted octanol–water partition coefficient (Wildman–Crippen LogP) is 3.41. The summed E-state index contributed by atoms with van der Waals surface area (Å²) in [7, 11) is 0. The van der Waals surface area contributed by atoms with E-state index in [1.54, 1.807) is 12.3 Å². The molecule has 0 spiro atoms. The molecule has 0 bridgehead atoms. The van der Waals surface area contributed by atoms with Gasteiger partial charge in [-0.15, -0.1) is 11.3 Å². The van der Waals surface area contributed by atoms with Gasteiger partial charge in [0.2, 0.25) is 5.01 Å². The molecule has 0 fully saturated rings. The molecule has 0 aliphatic carbocycles. The third-order valence-electron chi connectivity index (χ3n) is 3.00. The van der Waals surface area contributed by atoms with Crippen LogP contribution in [0.5, 0.6) is 0 Å². The van der Waals surface area contributed by atoms with Gasteiger partial charge in [-0.1, -0.05) is 39.0 Å². The molecule has 21 heavy (non-hydrogen) atoms. The summed E-state index contributed by atoms with van der Waals surface area (Å²) in [4.78, 5) is 27.3. The number of unbranched alkanes of at least 4 members (excludes halogenated alkanes) is 5. The van der Waals surface area contributed by atoms with E-state index in [0.717, 1.165) is 24.2 Å². The molecule has 5 nitrogen and oxygen atoms in total. The number of carbonyl (C=O) groups is 2. The Kier molecular flexibility index (Phi) is 8.66. The maximum absolute atomic E-state index is 11.9. The van der Waals surface area contributed by atoms with Gasteiger partial charge in [0.25, 0.3) is 5.91 Å². The van der Waals surface area contributed by atoms with Crippen LogP contribution in [0.1, 0.15) is 72.7 Å². The molecule has 1 N–H and O–H groups in total. The number of aromatic nitrogens is 1. The quantitative estimate of drug-likeness (QED) is 0.531. The summed E-state index contributed by atoms with van der Waals surface area (Å²) < 4.78 is 4.84. The van der Waals surface area contributed by atoms with E-state index in [0.29, 0.717) is 13.2 Å². The zero-order valence-electron chi connectivity index (χ0n) is 12.8. The first-order valence-electron chi connectivity index (χ1n) is 7.59. The Morgan fingerprint density at radius 2 is 1.90 bits per heavy atom. The zero-order valence-corrected chi connectivity index (χ0v) is 13.6. The maximum Gasteiger partial charge on any atom is 0.367 e. The SMILES string of the molecule is CCCCCCCCNC(=O)c1csc(C(=O)OCC)n1. The normalized spacial score (nSPS) is 10.4. The fourth-order valence-corrected chi connectivity index (χ4v) is 2.55. The molecule has 1 aromatic rings. The molecule has 0 saturated carbocycles. The topological polar surface area (TPSA) is 68.3 Å². The van der Waals surface area contributed by atoms with Crippen molar-refractivity contribution < 1.29 is 14.3 Å². The van der Waals surface area contributed by atoms with E-state index in [9.17, 15) is 9.59 Å². The van der Waals surface area contributed by atoms with E-state index in [2.05, 4.69) is 17.2 Å². The highest BCUT2D eigenvalue weighted by Crippen LogP contribution is 2.11. The number of hydrogen-bond donors (Lipinski definition) is 1. The Balaban J connectivity index is 2.25. The van der Waals surface area contributed by atoms with Crippen molar-refractivity contribution in [2.24, 2.45) is 0 Å². The summed E-state index contributed by atoms with van der Waals surface area (Å²) in [6, 6.07) is 0. The average Bonchev–Trinajstić information content (AvgIpc) is 2.96. The van der Waals surface area contributed by atoms with Crippen molar-refractivity contribution in [1.82, 2.24) is 10.3 Å². The van der Waals surface area contributed by atoms with Crippen molar-refractivity contribution in [3.8, 4) is 0 Å². The second kappa shape index (κ2) is 10.3. The molecule has 6 heteroatoms. The average molecular weight is 312 g/mol. The molecule has 1 heterocycles. The smallest absolute Gasteiger partial charge is 0.367 e. The molecule has 0 saturated heterocycles. The molecule has 1 rings (SSSR count). The lowest BCUT2D eigenvalue weighted by Crippen LogP contribution is -2.24. The number of thiazole rings is 1. The predicted molar refractivity (Wildman–Crippen MR) is 83.8 cm³/mol. The molecule has 0 aromatic carbocycles. The van der Waals surface area contributed by atoms with Crippen molar-refractivity contribution in [2.75, 3.05) is 13.2 Å². The fourth-order valence-electron chi connectivity index (χ4n) is 1.86. The van der Waals surface area contributed by atoms with Crippen molar-refractivity contribution >= 4 is 23.2 Å². The molecule has 118 valence electrons. The van der Waals surface area contributed by atoms with Crippen LogP contribution in [0.25, 0.3) is 0 Å². The van der Waals surface area contributed by atoms with Crippen molar-refractivity contribution in [3.05, 3.63) is 16.1 Å². The zero-order chi connectivity index (χ0) is 15.5. The van der Waals surface area contributed by atoms with Crippen LogP contribution in [0.2, 0.25) is 0 Å². The van der Waals surface area contributed by atoms with Crippen LogP contribution in [0, 0.1) is 0 Å². The Hall–Kier alpha value is -1.43. The van der Waals surface area contributed by atoms with Gasteiger partial charge in [0, 0.05) is 11.9 Å². The van der Waals surface area contributed by atoms with Crippen LogP contribution in [-0.4, -0.2) is 30.0 Å². The van der Waals surface area contributed by atoms with Gasteiger partial charge in [-0.3, -0.25) is 4.79 Å². The fraction of sp³-hybridized carbons (Fsp3) is 0.667. The van der Waals surface area contributed by atoms with Gasteiger partial charge in [-0.05, 0) is 13.3 Å². The van der Waals surface area contributed by atoms with E-state index in [-0.39, 0.29) is 16.6 Å². The third kappa shape index (κ3) is 6.71. The molecular weight excluding hydrogens is 288 g/mol. The van der Waals surface area contributed by atoms with E-state index in [1.165, 1.54) is 25.7 Å². The second-order valence-corrected chi connectivity index (χ2v) is 5.64. The molecule has 0 aliphatic rings. The number of nitrogens with zero attached hydrogens (tertiary/aromatic N) is 1. The summed E-state index contributed by atoms with van der Waals surface area (Å²) in [5.74, 6) is -0.701. The first-order chi connectivity index (χ1) is 10.2. The van der Waals surface area contributed by atoms with Gasteiger partial charge < -0.3 is 10.1 Å². The Bertz CT molecular complexity index is 446. The molecule has 1 amide bonds. The standard InChI is InChI=1S/C15H24N2O3S/c1-3-5-6-7-8-9-10-16-13(18)12-11-21-14(17-12)15(19)20-4-2/h11H,3-10H2,1-2H3,(H,16,18). The molecular formula is C15H24N2O3S. The monoisotopic (exact) mass is 312 g/mol. The van der Waals surface area contributed by atoms with Crippen LogP contribution in [0.3, 0.4) is 0 Å². The Morgan fingerprint density at radius 1 is 1.19 bits per heavy atom. The van der Waals surface area contributed by atoms with Crippen molar-refractivity contribution in [1.29, 1.82) is 0 Å². The van der Waals surface area contributed by atoms with E-state index < -0.39 is 5.97 Å². The van der Waals surface area contributed by atoms with Crippen LogP contribution in [0.4, 0.5) is 0 Å². The number of hydrogen-bond acceptors (Lipinski definition) is 5. The van der Waals surface area contributed by atoms with E-state index in [4.69, 9.17) is 4.74 Å². The lowest BCUT2D eigenvalue weighted by Gasteiger charge is -2.03. The largest absolute Gasteiger partial charge is 0.461 e. The molecule has 1 aromatic heterocycles. The minimum Gasteiger partial charge on any atom is -0.461 e. The lowest BCUT2D eigenvalue weighted by atomic mass is 10.1. The molecule has 0 atom stereocenters. The van der Waals surface area contributed by atoms with Gasteiger partial charge in [0.05, 0.1) is 6.61 Å². The summed E-state index contributed by atoms with van der Waals surface area (Å²) in [5, 5.41) is 4.64. The van der Waals surface area contributed by atoms with Crippen LogP contribution in [-0.2, 0) is 4.74 Å².